The molecule has 0 aromatic heterocycles. The third-order valence-corrected chi connectivity index (χ3v) is 7.06. The van der Waals surface area contributed by atoms with Crippen LogP contribution in [-0.4, -0.2) is 25.8 Å². The molecule has 1 aliphatic rings. The number of hydrogen-bond donors (Lipinski definition) is 1. The van der Waals surface area contributed by atoms with E-state index in [1.807, 2.05) is 6.07 Å². The van der Waals surface area contributed by atoms with Crippen LogP contribution in [0.2, 0.25) is 10.0 Å². The van der Waals surface area contributed by atoms with Crippen LogP contribution < -0.4 is 5.32 Å². The van der Waals surface area contributed by atoms with Gasteiger partial charge >= 0.3 is 0 Å². The van der Waals surface area contributed by atoms with E-state index in [1.54, 1.807) is 40.7 Å². The SMILES string of the molecule is O=S(=O)(c1ccc(NCc2ccc(Cl)cc2Cl)cc1)N1CCCCCC1. The number of rotatable bonds is 5. The monoisotopic (exact) mass is 412 g/mol. The summed E-state index contributed by atoms with van der Waals surface area (Å²) in [7, 11) is -3.41. The van der Waals surface area contributed by atoms with Gasteiger partial charge in [-0.2, -0.15) is 4.31 Å². The molecule has 1 N–H and O–H groups in total. The van der Waals surface area contributed by atoms with E-state index < -0.39 is 10.0 Å². The summed E-state index contributed by atoms with van der Waals surface area (Å²) in [4.78, 5) is 0.342. The number of benzene rings is 2. The molecule has 0 saturated carbocycles. The zero-order valence-corrected chi connectivity index (χ0v) is 16.7. The van der Waals surface area contributed by atoms with Crippen LogP contribution in [0.4, 0.5) is 5.69 Å². The summed E-state index contributed by atoms with van der Waals surface area (Å²) < 4.78 is 27.2. The van der Waals surface area contributed by atoms with E-state index in [0.29, 0.717) is 34.6 Å². The molecule has 0 radical (unpaired) electrons. The van der Waals surface area contributed by atoms with Gasteiger partial charge in [-0.3, -0.25) is 0 Å². The molecule has 1 aliphatic heterocycles. The normalized spacial score (nSPS) is 16.2. The average molecular weight is 413 g/mol. The lowest BCUT2D eigenvalue weighted by atomic mass is 10.2. The quantitative estimate of drug-likeness (QED) is 0.736. The van der Waals surface area contributed by atoms with Gasteiger partial charge in [-0.05, 0) is 54.8 Å². The molecule has 0 aliphatic carbocycles. The fraction of sp³-hybridized carbons (Fsp3) is 0.368. The molecule has 4 nitrogen and oxygen atoms in total. The Labute approximate surface area is 165 Å². The van der Waals surface area contributed by atoms with Crippen LogP contribution in [0.25, 0.3) is 0 Å². The highest BCUT2D eigenvalue weighted by Gasteiger charge is 2.24. The summed E-state index contributed by atoms with van der Waals surface area (Å²) in [5.41, 5.74) is 1.77. The van der Waals surface area contributed by atoms with Crippen molar-refractivity contribution in [2.45, 2.75) is 37.1 Å². The fourth-order valence-electron chi connectivity index (χ4n) is 3.04. The van der Waals surface area contributed by atoms with E-state index >= 15 is 0 Å². The second-order valence-electron chi connectivity index (χ2n) is 6.43. The van der Waals surface area contributed by atoms with Crippen molar-refractivity contribution in [1.29, 1.82) is 0 Å². The maximum atomic E-state index is 12.8. The molecule has 0 spiro atoms. The minimum Gasteiger partial charge on any atom is -0.381 e. The van der Waals surface area contributed by atoms with Gasteiger partial charge in [0.15, 0.2) is 0 Å². The molecule has 3 rings (SSSR count). The zero-order chi connectivity index (χ0) is 18.6. The van der Waals surface area contributed by atoms with Gasteiger partial charge in [-0.25, -0.2) is 8.42 Å². The molecule has 2 aromatic carbocycles. The highest BCUT2D eigenvalue weighted by molar-refractivity contribution is 7.89. The molecule has 1 fully saturated rings. The summed E-state index contributed by atoms with van der Waals surface area (Å²) in [6.45, 7) is 1.75. The first-order chi connectivity index (χ1) is 12.5. The first-order valence-corrected chi connectivity index (χ1v) is 10.9. The highest BCUT2D eigenvalue weighted by Crippen LogP contribution is 2.24. The van der Waals surface area contributed by atoms with Crippen molar-refractivity contribution in [2.24, 2.45) is 0 Å². The van der Waals surface area contributed by atoms with E-state index in [4.69, 9.17) is 23.2 Å². The molecule has 0 atom stereocenters. The van der Waals surface area contributed by atoms with Gasteiger partial charge in [-0.1, -0.05) is 42.1 Å². The van der Waals surface area contributed by atoms with Crippen molar-refractivity contribution in [3.05, 3.63) is 58.1 Å². The standard InChI is InChI=1S/C19H22Cl2N2O2S/c20-16-6-5-15(19(21)13-16)14-22-17-7-9-18(10-8-17)26(24,25)23-11-3-1-2-4-12-23/h5-10,13,22H,1-4,11-12,14H2. The van der Waals surface area contributed by atoms with Crippen molar-refractivity contribution in [3.63, 3.8) is 0 Å². The van der Waals surface area contributed by atoms with Gasteiger partial charge < -0.3 is 5.32 Å². The summed E-state index contributed by atoms with van der Waals surface area (Å²) in [6.07, 6.45) is 4.06. The Morgan fingerprint density at radius 2 is 1.58 bits per heavy atom. The van der Waals surface area contributed by atoms with Gasteiger partial charge in [-0.15, -0.1) is 0 Å². The summed E-state index contributed by atoms with van der Waals surface area (Å²) in [5.74, 6) is 0. The second-order valence-corrected chi connectivity index (χ2v) is 9.21. The molecule has 1 saturated heterocycles. The fourth-order valence-corrected chi connectivity index (χ4v) is 5.03. The molecule has 2 aromatic rings. The first kappa shape index (κ1) is 19.5. The van der Waals surface area contributed by atoms with Gasteiger partial charge in [0.25, 0.3) is 0 Å². The maximum Gasteiger partial charge on any atom is 0.243 e. The number of nitrogens with zero attached hydrogens (tertiary/aromatic N) is 1. The first-order valence-electron chi connectivity index (χ1n) is 8.75. The van der Waals surface area contributed by atoms with Crippen LogP contribution in [0, 0.1) is 0 Å². The molecular weight excluding hydrogens is 391 g/mol. The third kappa shape index (κ3) is 4.71. The smallest absolute Gasteiger partial charge is 0.243 e. The summed E-state index contributed by atoms with van der Waals surface area (Å²) in [6, 6.07) is 12.3. The number of halogens is 2. The topological polar surface area (TPSA) is 49.4 Å². The molecule has 0 amide bonds. The van der Waals surface area contributed by atoms with Crippen LogP contribution in [0.3, 0.4) is 0 Å². The van der Waals surface area contributed by atoms with Crippen molar-refractivity contribution in [3.8, 4) is 0 Å². The summed E-state index contributed by atoms with van der Waals surface area (Å²) >= 11 is 12.1. The Balaban J connectivity index is 1.67. The van der Waals surface area contributed by atoms with E-state index in [1.165, 1.54) is 0 Å². The Morgan fingerprint density at radius 1 is 0.923 bits per heavy atom. The zero-order valence-electron chi connectivity index (χ0n) is 14.4. The number of hydrogen-bond acceptors (Lipinski definition) is 3. The van der Waals surface area contributed by atoms with Crippen LogP contribution >= 0.6 is 23.2 Å². The van der Waals surface area contributed by atoms with Crippen LogP contribution in [0.1, 0.15) is 31.2 Å². The Hall–Kier alpha value is -1.27. The van der Waals surface area contributed by atoms with Gasteiger partial charge in [0.05, 0.1) is 4.90 Å². The number of nitrogens with one attached hydrogen (secondary N) is 1. The highest BCUT2D eigenvalue weighted by atomic mass is 35.5. The Bertz CT molecular complexity index is 846. The van der Waals surface area contributed by atoms with Crippen LogP contribution in [0.5, 0.6) is 0 Å². The maximum absolute atomic E-state index is 12.8. The van der Waals surface area contributed by atoms with E-state index in [0.717, 1.165) is 36.9 Å². The second kappa shape index (κ2) is 8.61. The molecule has 7 heteroatoms. The number of sulfonamides is 1. The average Bonchev–Trinajstić information content (AvgIpc) is 2.91. The van der Waals surface area contributed by atoms with E-state index in [9.17, 15) is 8.42 Å². The largest absolute Gasteiger partial charge is 0.381 e. The predicted octanol–water partition coefficient (Wildman–Crippen LogP) is 5.17. The molecule has 0 bridgehead atoms. The van der Waals surface area contributed by atoms with Gasteiger partial charge in [0, 0.05) is 35.4 Å². The molecular formula is C19H22Cl2N2O2S. The molecule has 140 valence electrons. The molecule has 1 heterocycles. The van der Waals surface area contributed by atoms with Gasteiger partial charge in [0.2, 0.25) is 10.0 Å². The Kier molecular flexibility index (Phi) is 6.46. The van der Waals surface area contributed by atoms with E-state index in [-0.39, 0.29) is 0 Å². The van der Waals surface area contributed by atoms with Crippen molar-refractivity contribution < 1.29 is 8.42 Å². The lowest BCUT2D eigenvalue weighted by Gasteiger charge is -2.20. The summed E-state index contributed by atoms with van der Waals surface area (Å²) in [5, 5.41) is 4.45. The van der Waals surface area contributed by atoms with Crippen molar-refractivity contribution >= 4 is 38.9 Å². The predicted molar refractivity (Wildman–Crippen MR) is 107 cm³/mol. The van der Waals surface area contributed by atoms with Gasteiger partial charge in [0.1, 0.15) is 0 Å². The lowest BCUT2D eigenvalue weighted by molar-refractivity contribution is 0.424. The van der Waals surface area contributed by atoms with Crippen LogP contribution in [0.15, 0.2) is 47.4 Å². The minimum absolute atomic E-state index is 0.342. The molecule has 26 heavy (non-hydrogen) atoms. The van der Waals surface area contributed by atoms with Crippen molar-refractivity contribution in [2.75, 3.05) is 18.4 Å². The van der Waals surface area contributed by atoms with Crippen molar-refractivity contribution in [1.82, 2.24) is 4.31 Å². The van der Waals surface area contributed by atoms with E-state index in [2.05, 4.69) is 5.32 Å². The lowest BCUT2D eigenvalue weighted by Crippen LogP contribution is -2.31. The number of anilines is 1. The third-order valence-electron chi connectivity index (χ3n) is 4.56. The Morgan fingerprint density at radius 3 is 2.19 bits per heavy atom. The van der Waals surface area contributed by atoms with Crippen LogP contribution in [-0.2, 0) is 16.6 Å². The minimum atomic E-state index is -3.41. The molecule has 0 unspecified atom stereocenters.